The zero-order valence-electron chi connectivity index (χ0n) is 8.53. The van der Waals surface area contributed by atoms with Gasteiger partial charge in [-0.3, -0.25) is 0 Å². The minimum atomic E-state index is 0.509. The van der Waals surface area contributed by atoms with Gasteiger partial charge >= 0.3 is 0 Å². The summed E-state index contributed by atoms with van der Waals surface area (Å²) >= 11 is 0. The van der Waals surface area contributed by atoms with E-state index in [0.717, 1.165) is 0 Å². The van der Waals surface area contributed by atoms with Gasteiger partial charge in [0, 0.05) is 6.04 Å². The summed E-state index contributed by atoms with van der Waals surface area (Å²) in [5.74, 6) is 1.33. The second-order valence-electron chi connectivity index (χ2n) is 4.10. The molecule has 78 valence electrons. The largest absolute Gasteiger partial charge is 0.349 e. The molecule has 0 aliphatic heterocycles. The third kappa shape index (κ3) is 2.21. The fraction of sp³-hybridized carbons (Fsp3) is 0.889. The number of rotatable bonds is 2. The lowest BCUT2D eigenvalue weighted by Gasteiger charge is -2.21. The highest BCUT2D eigenvalue weighted by molar-refractivity contribution is 5.21. The average molecular weight is 195 g/mol. The van der Waals surface area contributed by atoms with Crippen molar-refractivity contribution >= 4 is 5.95 Å². The highest BCUT2D eigenvalue weighted by atomic mass is 15.5. The smallest absolute Gasteiger partial charge is 0.263 e. The number of H-pyrrole nitrogens is 1. The number of aromatic amines is 1. The van der Waals surface area contributed by atoms with E-state index < -0.39 is 0 Å². The van der Waals surface area contributed by atoms with Crippen LogP contribution in [-0.2, 0) is 0 Å². The molecule has 0 bridgehead atoms. The van der Waals surface area contributed by atoms with Crippen LogP contribution in [0.25, 0.3) is 0 Å². The van der Waals surface area contributed by atoms with Crippen LogP contribution in [0.15, 0.2) is 0 Å². The molecule has 2 N–H and O–H groups in total. The summed E-state index contributed by atoms with van der Waals surface area (Å²) in [6.07, 6.45) is 6.53. The first-order valence-electron chi connectivity index (χ1n) is 5.36. The van der Waals surface area contributed by atoms with Crippen molar-refractivity contribution in [1.82, 2.24) is 20.6 Å². The van der Waals surface area contributed by atoms with Gasteiger partial charge in [0.25, 0.3) is 5.95 Å². The van der Waals surface area contributed by atoms with Crippen molar-refractivity contribution in [2.75, 3.05) is 5.32 Å². The van der Waals surface area contributed by atoms with E-state index in [-0.39, 0.29) is 0 Å². The third-order valence-electron chi connectivity index (χ3n) is 3.02. The maximum absolute atomic E-state index is 3.92. The van der Waals surface area contributed by atoms with Crippen LogP contribution in [0.3, 0.4) is 0 Å². The first kappa shape index (κ1) is 9.43. The molecule has 1 aliphatic carbocycles. The Bertz CT molecular complexity index is 258. The SMILES string of the molecule is CC1CCCCCC1Nc1nn[nH]n1. The number of hydrogen-bond donors (Lipinski definition) is 2. The molecular formula is C9H17N5. The Morgan fingerprint density at radius 2 is 2.14 bits per heavy atom. The Balaban J connectivity index is 1.94. The zero-order chi connectivity index (χ0) is 9.80. The van der Waals surface area contributed by atoms with Crippen molar-refractivity contribution in [3.05, 3.63) is 0 Å². The number of aromatic nitrogens is 4. The first-order chi connectivity index (χ1) is 6.86. The van der Waals surface area contributed by atoms with Gasteiger partial charge in [-0.05, 0) is 24.0 Å². The van der Waals surface area contributed by atoms with Crippen molar-refractivity contribution in [3.8, 4) is 0 Å². The summed E-state index contributed by atoms with van der Waals surface area (Å²) in [6, 6.07) is 0.509. The van der Waals surface area contributed by atoms with Crippen LogP contribution in [0.4, 0.5) is 5.95 Å². The standard InChI is InChI=1S/C9H17N5/c1-7-5-3-2-4-6-8(7)10-9-11-13-14-12-9/h7-8H,2-6H2,1H3,(H2,10,11,12,13,14). The molecule has 1 aromatic rings. The maximum Gasteiger partial charge on any atom is 0.263 e. The molecule has 0 spiro atoms. The molecular weight excluding hydrogens is 178 g/mol. The van der Waals surface area contributed by atoms with Crippen molar-refractivity contribution < 1.29 is 0 Å². The van der Waals surface area contributed by atoms with Gasteiger partial charge in [0.2, 0.25) is 0 Å². The molecule has 2 unspecified atom stereocenters. The van der Waals surface area contributed by atoms with Gasteiger partial charge in [0.1, 0.15) is 0 Å². The molecule has 0 aromatic carbocycles. The molecule has 0 saturated heterocycles. The van der Waals surface area contributed by atoms with Gasteiger partial charge in [-0.25, -0.2) is 0 Å². The van der Waals surface area contributed by atoms with E-state index in [0.29, 0.717) is 17.9 Å². The van der Waals surface area contributed by atoms with Gasteiger partial charge in [-0.2, -0.15) is 5.21 Å². The second kappa shape index (κ2) is 4.39. The predicted molar refractivity (Wildman–Crippen MR) is 53.8 cm³/mol. The summed E-state index contributed by atoms with van der Waals surface area (Å²) in [5.41, 5.74) is 0. The summed E-state index contributed by atoms with van der Waals surface area (Å²) in [4.78, 5) is 0. The van der Waals surface area contributed by atoms with Crippen LogP contribution >= 0.6 is 0 Å². The Labute approximate surface area is 83.7 Å². The molecule has 0 radical (unpaired) electrons. The molecule has 1 aromatic heterocycles. The molecule has 0 amide bonds. The fourth-order valence-corrected chi connectivity index (χ4v) is 2.10. The zero-order valence-corrected chi connectivity index (χ0v) is 8.53. The molecule has 1 aliphatic rings. The van der Waals surface area contributed by atoms with E-state index in [1.807, 2.05) is 0 Å². The molecule has 1 saturated carbocycles. The van der Waals surface area contributed by atoms with Gasteiger partial charge in [0.05, 0.1) is 0 Å². The van der Waals surface area contributed by atoms with Crippen LogP contribution in [0.5, 0.6) is 0 Å². The minimum absolute atomic E-state index is 0.509. The minimum Gasteiger partial charge on any atom is -0.349 e. The highest BCUT2D eigenvalue weighted by Crippen LogP contribution is 2.24. The van der Waals surface area contributed by atoms with Crippen molar-refractivity contribution in [1.29, 1.82) is 0 Å². The molecule has 5 nitrogen and oxygen atoms in total. The average Bonchev–Trinajstić information content (AvgIpc) is 2.60. The molecule has 2 atom stereocenters. The summed E-state index contributed by atoms with van der Waals surface area (Å²) in [7, 11) is 0. The van der Waals surface area contributed by atoms with Crippen LogP contribution in [0.2, 0.25) is 0 Å². The van der Waals surface area contributed by atoms with Crippen molar-refractivity contribution in [2.24, 2.45) is 5.92 Å². The topological polar surface area (TPSA) is 66.5 Å². The Hall–Kier alpha value is -1.13. The second-order valence-corrected chi connectivity index (χ2v) is 4.10. The van der Waals surface area contributed by atoms with Gasteiger partial charge in [-0.1, -0.05) is 31.3 Å². The van der Waals surface area contributed by atoms with Crippen molar-refractivity contribution in [3.63, 3.8) is 0 Å². The molecule has 5 heteroatoms. The normalized spacial score (nSPS) is 28.4. The van der Waals surface area contributed by atoms with Crippen LogP contribution in [0, 0.1) is 5.92 Å². The highest BCUT2D eigenvalue weighted by Gasteiger charge is 2.20. The lowest BCUT2D eigenvalue weighted by molar-refractivity contribution is 0.454. The monoisotopic (exact) mass is 195 g/mol. The van der Waals surface area contributed by atoms with E-state index in [9.17, 15) is 0 Å². The Morgan fingerprint density at radius 3 is 2.93 bits per heavy atom. The van der Waals surface area contributed by atoms with Crippen LogP contribution in [-0.4, -0.2) is 26.7 Å². The fourth-order valence-electron chi connectivity index (χ4n) is 2.10. The van der Waals surface area contributed by atoms with E-state index in [2.05, 4.69) is 32.9 Å². The summed E-state index contributed by atoms with van der Waals surface area (Å²) < 4.78 is 0. The summed E-state index contributed by atoms with van der Waals surface area (Å²) in [6.45, 7) is 2.29. The predicted octanol–water partition coefficient (Wildman–Crippen LogP) is 1.58. The Kier molecular flexibility index (Phi) is 2.96. The van der Waals surface area contributed by atoms with Crippen molar-refractivity contribution in [2.45, 2.75) is 45.1 Å². The van der Waals surface area contributed by atoms with Gasteiger partial charge < -0.3 is 5.32 Å². The quantitative estimate of drug-likeness (QED) is 0.703. The van der Waals surface area contributed by atoms with Crippen LogP contribution < -0.4 is 5.32 Å². The third-order valence-corrected chi connectivity index (χ3v) is 3.02. The Morgan fingerprint density at radius 1 is 1.29 bits per heavy atom. The van der Waals surface area contributed by atoms with Gasteiger partial charge in [-0.15, -0.1) is 5.10 Å². The maximum atomic E-state index is 3.92. The lowest BCUT2D eigenvalue weighted by Crippen LogP contribution is -2.26. The number of nitrogens with one attached hydrogen (secondary N) is 2. The number of nitrogens with zero attached hydrogens (tertiary/aromatic N) is 3. The van der Waals surface area contributed by atoms with E-state index in [4.69, 9.17) is 0 Å². The van der Waals surface area contributed by atoms with E-state index in [1.54, 1.807) is 0 Å². The summed E-state index contributed by atoms with van der Waals surface area (Å²) in [5, 5.41) is 17.2. The van der Waals surface area contributed by atoms with E-state index in [1.165, 1.54) is 32.1 Å². The lowest BCUT2D eigenvalue weighted by atomic mass is 9.97. The first-order valence-corrected chi connectivity index (χ1v) is 5.36. The molecule has 1 fully saturated rings. The van der Waals surface area contributed by atoms with Crippen LogP contribution in [0.1, 0.15) is 39.0 Å². The number of tetrazole rings is 1. The molecule has 2 rings (SSSR count). The molecule has 14 heavy (non-hydrogen) atoms. The van der Waals surface area contributed by atoms with Gasteiger partial charge in [0.15, 0.2) is 0 Å². The van der Waals surface area contributed by atoms with E-state index >= 15 is 0 Å². The number of hydrogen-bond acceptors (Lipinski definition) is 4. The number of anilines is 1. The molecule has 1 heterocycles.